The van der Waals surface area contributed by atoms with Crippen molar-refractivity contribution in [3.05, 3.63) is 18.2 Å². The normalized spacial score (nSPS) is 18.8. The van der Waals surface area contributed by atoms with Gasteiger partial charge in [-0.25, -0.2) is 4.98 Å². The van der Waals surface area contributed by atoms with Gasteiger partial charge in [-0.1, -0.05) is 6.42 Å². The van der Waals surface area contributed by atoms with Crippen LogP contribution in [0.5, 0.6) is 0 Å². The Hall–Kier alpha value is -0.920. The van der Waals surface area contributed by atoms with Gasteiger partial charge in [-0.3, -0.25) is 0 Å². The molecule has 0 amide bonds. The second-order valence-electron chi connectivity index (χ2n) is 3.82. The average Bonchev–Trinajstić information content (AvgIpc) is 2.81. The maximum absolute atomic E-state index is 11.9. The zero-order valence-electron chi connectivity index (χ0n) is 9.02. The average molecular weight is 244 g/mol. The zero-order valence-corrected chi connectivity index (χ0v) is 9.83. The van der Waals surface area contributed by atoms with Crippen LogP contribution in [-0.2, 0) is 16.8 Å². The number of nitrogens with one attached hydrogen (secondary N) is 2. The quantitative estimate of drug-likeness (QED) is 0.796. The summed E-state index contributed by atoms with van der Waals surface area (Å²) in [7, 11) is -3.34. The summed E-state index contributed by atoms with van der Waals surface area (Å²) in [6, 6.07) is 0. The van der Waals surface area contributed by atoms with Crippen molar-refractivity contribution >= 4 is 10.2 Å². The van der Waals surface area contributed by atoms with Gasteiger partial charge in [-0.05, 0) is 12.8 Å². The van der Waals surface area contributed by atoms with Gasteiger partial charge in [0.25, 0.3) is 10.2 Å². The van der Waals surface area contributed by atoms with Gasteiger partial charge in [0.15, 0.2) is 0 Å². The van der Waals surface area contributed by atoms with Crippen LogP contribution in [0.3, 0.4) is 0 Å². The number of rotatable bonds is 4. The molecule has 2 heterocycles. The molecule has 1 aliphatic rings. The standard InChI is InChI=1S/C9H16N4O2S/c14-16(15,13-6-2-1-3-7-13)12-8-9-10-4-5-11-9/h4-5,12H,1-3,6-8H2,(H,10,11). The molecule has 1 aromatic rings. The molecule has 1 saturated heterocycles. The van der Waals surface area contributed by atoms with Crippen LogP contribution in [0.25, 0.3) is 0 Å². The number of aromatic nitrogens is 2. The lowest BCUT2D eigenvalue weighted by molar-refractivity contribution is 0.341. The number of hydrogen-bond donors (Lipinski definition) is 2. The van der Waals surface area contributed by atoms with Crippen molar-refractivity contribution in [3.8, 4) is 0 Å². The van der Waals surface area contributed by atoms with Crippen LogP contribution in [0.4, 0.5) is 0 Å². The maximum Gasteiger partial charge on any atom is 0.279 e. The molecule has 1 aliphatic heterocycles. The van der Waals surface area contributed by atoms with Gasteiger partial charge in [-0.2, -0.15) is 17.4 Å². The number of imidazole rings is 1. The molecule has 0 aromatic carbocycles. The van der Waals surface area contributed by atoms with Crippen LogP contribution in [-0.4, -0.2) is 35.8 Å². The highest BCUT2D eigenvalue weighted by Gasteiger charge is 2.23. The first-order chi connectivity index (χ1) is 7.68. The van der Waals surface area contributed by atoms with Gasteiger partial charge >= 0.3 is 0 Å². The van der Waals surface area contributed by atoms with Gasteiger partial charge in [0, 0.05) is 25.5 Å². The molecule has 0 aliphatic carbocycles. The summed E-state index contributed by atoms with van der Waals surface area (Å²) in [6.07, 6.45) is 6.28. The van der Waals surface area contributed by atoms with Gasteiger partial charge in [0.2, 0.25) is 0 Å². The summed E-state index contributed by atoms with van der Waals surface area (Å²) < 4.78 is 27.7. The van der Waals surface area contributed by atoms with E-state index in [2.05, 4.69) is 14.7 Å². The molecule has 0 saturated carbocycles. The van der Waals surface area contributed by atoms with E-state index in [4.69, 9.17) is 0 Å². The molecule has 0 bridgehead atoms. The van der Waals surface area contributed by atoms with Crippen molar-refractivity contribution < 1.29 is 8.42 Å². The monoisotopic (exact) mass is 244 g/mol. The fraction of sp³-hybridized carbons (Fsp3) is 0.667. The smallest absolute Gasteiger partial charge is 0.279 e. The molecular formula is C9H16N4O2S. The van der Waals surface area contributed by atoms with E-state index in [1.54, 1.807) is 12.4 Å². The first-order valence-electron chi connectivity index (χ1n) is 5.41. The minimum atomic E-state index is -3.34. The second-order valence-corrected chi connectivity index (χ2v) is 5.58. The second kappa shape index (κ2) is 4.94. The molecule has 0 spiro atoms. The Morgan fingerprint density at radius 2 is 2.12 bits per heavy atom. The van der Waals surface area contributed by atoms with Crippen molar-refractivity contribution in [2.24, 2.45) is 0 Å². The number of piperidine rings is 1. The number of hydrogen-bond acceptors (Lipinski definition) is 3. The molecule has 16 heavy (non-hydrogen) atoms. The van der Waals surface area contributed by atoms with E-state index in [-0.39, 0.29) is 6.54 Å². The van der Waals surface area contributed by atoms with E-state index in [1.165, 1.54) is 4.31 Å². The van der Waals surface area contributed by atoms with E-state index < -0.39 is 10.2 Å². The van der Waals surface area contributed by atoms with Crippen molar-refractivity contribution in [2.45, 2.75) is 25.8 Å². The Balaban J connectivity index is 1.91. The third-order valence-corrected chi connectivity index (χ3v) is 4.19. The minimum absolute atomic E-state index is 0.214. The first kappa shape index (κ1) is 11.6. The molecule has 6 nitrogen and oxygen atoms in total. The van der Waals surface area contributed by atoms with E-state index in [9.17, 15) is 8.42 Å². The summed E-state index contributed by atoms with van der Waals surface area (Å²) in [5.74, 6) is 0.626. The fourth-order valence-electron chi connectivity index (χ4n) is 1.75. The lowest BCUT2D eigenvalue weighted by Crippen LogP contribution is -2.43. The highest BCUT2D eigenvalue weighted by atomic mass is 32.2. The van der Waals surface area contributed by atoms with Gasteiger partial charge in [-0.15, -0.1) is 0 Å². The highest BCUT2D eigenvalue weighted by Crippen LogP contribution is 2.11. The number of H-pyrrole nitrogens is 1. The zero-order chi connectivity index (χ0) is 11.4. The molecular weight excluding hydrogens is 228 g/mol. The first-order valence-corrected chi connectivity index (χ1v) is 6.85. The molecule has 90 valence electrons. The Kier molecular flexibility index (Phi) is 3.57. The molecule has 0 atom stereocenters. The largest absolute Gasteiger partial charge is 0.347 e. The van der Waals surface area contributed by atoms with E-state index in [0.717, 1.165) is 19.3 Å². The Morgan fingerprint density at radius 3 is 2.75 bits per heavy atom. The molecule has 1 fully saturated rings. The lowest BCUT2D eigenvalue weighted by Gasteiger charge is -2.25. The Morgan fingerprint density at radius 1 is 1.38 bits per heavy atom. The summed E-state index contributed by atoms with van der Waals surface area (Å²) >= 11 is 0. The molecule has 2 N–H and O–H groups in total. The van der Waals surface area contributed by atoms with Crippen LogP contribution in [0, 0.1) is 0 Å². The lowest BCUT2D eigenvalue weighted by atomic mass is 10.2. The van der Waals surface area contributed by atoms with Gasteiger partial charge in [0.05, 0.1) is 6.54 Å². The van der Waals surface area contributed by atoms with Crippen molar-refractivity contribution in [1.82, 2.24) is 19.0 Å². The fourth-order valence-corrected chi connectivity index (χ4v) is 2.99. The van der Waals surface area contributed by atoms with Crippen LogP contribution in [0.1, 0.15) is 25.1 Å². The van der Waals surface area contributed by atoms with E-state index in [1.807, 2.05) is 0 Å². The van der Waals surface area contributed by atoms with Gasteiger partial charge in [0.1, 0.15) is 5.82 Å². The Bertz CT molecular complexity index is 409. The molecule has 0 unspecified atom stereocenters. The summed E-state index contributed by atoms with van der Waals surface area (Å²) in [4.78, 5) is 6.82. The van der Waals surface area contributed by atoms with Crippen LogP contribution < -0.4 is 4.72 Å². The summed E-state index contributed by atoms with van der Waals surface area (Å²) in [5.41, 5.74) is 0. The third-order valence-electron chi connectivity index (χ3n) is 2.63. The maximum atomic E-state index is 11.9. The minimum Gasteiger partial charge on any atom is -0.347 e. The summed E-state index contributed by atoms with van der Waals surface area (Å²) in [6.45, 7) is 1.45. The molecule has 0 radical (unpaired) electrons. The molecule has 1 aromatic heterocycles. The number of nitrogens with zero attached hydrogens (tertiary/aromatic N) is 2. The van der Waals surface area contributed by atoms with Gasteiger partial charge < -0.3 is 4.98 Å². The van der Waals surface area contributed by atoms with Crippen molar-refractivity contribution in [3.63, 3.8) is 0 Å². The molecule has 2 rings (SSSR count). The van der Waals surface area contributed by atoms with Crippen LogP contribution in [0.2, 0.25) is 0 Å². The van der Waals surface area contributed by atoms with Crippen molar-refractivity contribution in [2.75, 3.05) is 13.1 Å². The Labute approximate surface area is 95.2 Å². The summed E-state index contributed by atoms with van der Waals surface area (Å²) in [5, 5.41) is 0. The predicted molar refractivity (Wildman–Crippen MR) is 59.8 cm³/mol. The third kappa shape index (κ3) is 2.81. The molecule has 7 heteroatoms. The predicted octanol–water partition coefficient (Wildman–Crippen LogP) is 0.230. The van der Waals surface area contributed by atoms with E-state index in [0.29, 0.717) is 18.9 Å². The highest BCUT2D eigenvalue weighted by molar-refractivity contribution is 7.87. The van der Waals surface area contributed by atoms with Crippen LogP contribution >= 0.6 is 0 Å². The number of aromatic amines is 1. The van der Waals surface area contributed by atoms with Crippen molar-refractivity contribution in [1.29, 1.82) is 0 Å². The van der Waals surface area contributed by atoms with E-state index >= 15 is 0 Å². The topological polar surface area (TPSA) is 78.1 Å². The van der Waals surface area contributed by atoms with Crippen LogP contribution in [0.15, 0.2) is 12.4 Å². The SMILES string of the molecule is O=S(=O)(NCc1ncc[nH]1)N1CCCCC1.